The lowest BCUT2D eigenvalue weighted by Crippen LogP contribution is -2.18. The Balaban J connectivity index is 1.98. The van der Waals surface area contributed by atoms with Crippen LogP contribution in [0, 0.1) is 0 Å². The van der Waals surface area contributed by atoms with Gasteiger partial charge in [0, 0.05) is 21.9 Å². The van der Waals surface area contributed by atoms with E-state index in [4.69, 9.17) is 15.0 Å². The standard InChI is InChI=1S/C23H26N4/c1-13(2)16-11-14-9-7-8-10-15(14)20-26-19-21(27(16)20)25-18-17(24-19)22(3,4)12-23(18,5)6/h7-11,13H,12H2,1-6H3. The van der Waals surface area contributed by atoms with Crippen LogP contribution in [0.5, 0.6) is 0 Å². The zero-order valence-electron chi connectivity index (χ0n) is 17.0. The van der Waals surface area contributed by atoms with Crippen LogP contribution in [-0.2, 0) is 10.8 Å². The Morgan fingerprint density at radius 2 is 1.56 bits per heavy atom. The summed E-state index contributed by atoms with van der Waals surface area (Å²) in [6.07, 6.45) is 1.06. The van der Waals surface area contributed by atoms with E-state index in [1.807, 2.05) is 0 Å². The zero-order valence-corrected chi connectivity index (χ0v) is 17.0. The molecule has 0 saturated carbocycles. The minimum atomic E-state index is 0.0266. The van der Waals surface area contributed by atoms with Gasteiger partial charge in [-0.05, 0) is 23.8 Å². The zero-order chi connectivity index (χ0) is 19.1. The minimum Gasteiger partial charge on any atom is -0.279 e. The highest BCUT2D eigenvalue weighted by Crippen LogP contribution is 2.48. The molecule has 1 aliphatic carbocycles. The number of nitrogens with zero attached hydrogens (tertiary/aromatic N) is 4. The van der Waals surface area contributed by atoms with Crippen LogP contribution in [0.15, 0.2) is 30.3 Å². The first-order valence-corrected chi connectivity index (χ1v) is 9.82. The van der Waals surface area contributed by atoms with Gasteiger partial charge in [0.05, 0.1) is 11.4 Å². The Kier molecular flexibility index (Phi) is 3.12. The molecular weight excluding hydrogens is 332 g/mol. The van der Waals surface area contributed by atoms with E-state index >= 15 is 0 Å². The van der Waals surface area contributed by atoms with Crippen LogP contribution in [0.2, 0.25) is 0 Å². The third-order valence-corrected chi connectivity index (χ3v) is 6.02. The predicted molar refractivity (Wildman–Crippen MR) is 111 cm³/mol. The SMILES string of the molecule is CC(C)c1cc2ccccc2c2nc3nc4c(nc3n12)C(C)(C)CC4(C)C. The summed E-state index contributed by atoms with van der Waals surface area (Å²) >= 11 is 0. The molecule has 5 rings (SSSR count). The van der Waals surface area contributed by atoms with Crippen molar-refractivity contribution in [2.24, 2.45) is 0 Å². The Labute approximate surface area is 159 Å². The molecule has 27 heavy (non-hydrogen) atoms. The molecule has 4 nitrogen and oxygen atoms in total. The van der Waals surface area contributed by atoms with Crippen molar-refractivity contribution in [1.29, 1.82) is 0 Å². The normalized spacial score (nSPS) is 18.0. The lowest BCUT2D eigenvalue weighted by molar-refractivity contribution is 0.396. The van der Waals surface area contributed by atoms with Crippen LogP contribution in [0.25, 0.3) is 27.7 Å². The van der Waals surface area contributed by atoms with Crippen molar-refractivity contribution in [3.63, 3.8) is 0 Å². The first-order chi connectivity index (χ1) is 12.7. The second-order valence-corrected chi connectivity index (χ2v) is 9.59. The van der Waals surface area contributed by atoms with Crippen molar-refractivity contribution in [3.05, 3.63) is 47.4 Å². The van der Waals surface area contributed by atoms with E-state index in [0.29, 0.717) is 5.92 Å². The molecule has 0 aliphatic heterocycles. The molecule has 4 heteroatoms. The topological polar surface area (TPSA) is 43.1 Å². The van der Waals surface area contributed by atoms with Gasteiger partial charge in [-0.25, -0.2) is 15.0 Å². The van der Waals surface area contributed by atoms with Gasteiger partial charge in [-0.1, -0.05) is 65.8 Å². The first-order valence-electron chi connectivity index (χ1n) is 9.82. The minimum absolute atomic E-state index is 0.0266. The van der Waals surface area contributed by atoms with E-state index in [1.165, 1.54) is 11.1 Å². The van der Waals surface area contributed by atoms with E-state index in [2.05, 4.69) is 76.3 Å². The largest absolute Gasteiger partial charge is 0.279 e. The number of hydrogen-bond acceptors (Lipinski definition) is 3. The summed E-state index contributed by atoms with van der Waals surface area (Å²) in [7, 11) is 0. The fourth-order valence-corrected chi connectivity index (χ4v) is 5.01. The third-order valence-electron chi connectivity index (χ3n) is 6.02. The number of imidazole rings is 1. The van der Waals surface area contributed by atoms with E-state index in [1.54, 1.807) is 0 Å². The van der Waals surface area contributed by atoms with Crippen molar-refractivity contribution in [3.8, 4) is 0 Å². The van der Waals surface area contributed by atoms with E-state index in [-0.39, 0.29) is 10.8 Å². The lowest BCUT2D eigenvalue weighted by atomic mass is 9.83. The molecule has 0 N–H and O–H groups in total. The van der Waals surface area contributed by atoms with E-state index in [0.717, 1.165) is 40.1 Å². The number of fused-ring (bicyclic) bond motifs is 6. The summed E-state index contributed by atoms with van der Waals surface area (Å²) in [5.41, 5.74) is 6.14. The van der Waals surface area contributed by atoms with Gasteiger partial charge in [-0.15, -0.1) is 0 Å². The molecule has 138 valence electrons. The summed E-state index contributed by atoms with van der Waals surface area (Å²) in [6, 6.07) is 10.7. The van der Waals surface area contributed by atoms with Crippen LogP contribution in [0.3, 0.4) is 0 Å². The number of aromatic nitrogens is 4. The lowest BCUT2D eigenvalue weighted by Gasteiger charge is -2.21. The average molecular weight is 358 g/mol. The molecule has 3 heterocycles. The number of benzene rings is 1. The molecule has 0 saturated heterocycles. The summed E-state index contributed by atoms with van der Waals surface area (Å²) < 4.78 is 2.23. The van der Waals surface area contributed by atoms with Gasteiger partial charge in [-0.3, -0.25) is 4.40 Å². The maximum atomic E-state index is 5.18. The maximum Gasteiger partial charge on any atom is 0.198 e. The molecule has 0 fully saturated rings. The highest BCUT2D eigenvalue weighted by molar-refractivity contribution is 5.97. The molecule has 0 unspecified atom stereocenters. The molecular formula is C23H26N4. The highest BCUT2D eigenvalue weighted by atomic mass is 15.1. The van der Waals surface area contributed by atoms with E-state index in [9.17, 15) is 0 Å². The Morgan fingerprint density at radius 3 is 2.26 bits per heavy atom. The molecule has 1 aliphatic rings. The number of pyridine rings is 1. The summed E-state index contributed by atoms with van der Waals surface area (Å²) in [6.45, 7) is 13.6. The van der Waals surface area contributed by atoms with Gasteiger partial charge in [0.2, 0.25) is 0 Å². The van der Waals surface area contributed by atoms with Crippen molar-refractivity contribution in [1.82, 2.24) is 19.4 Å². The smallest absolute Gasteiger partial charge is 0.198 e. The summed E-state index contributed by atoms with van der Waals surface area (Å²) in [5, 5.41) is 2.37. The Morgan fingerprint density at radius 1 is 0.889 bits per heavy atom. The Hall–Kier alpha value is -2.49. The number of rotatable bonds is 1. The molecule has 0 radical (unpaired) electrons. The highest BCUT2D eigenvalue weighted by Gasteiger charge is 2.45. The summed E-state index contributed by atoms with van der Waals surface area (Å²) in [4.78, 5) is 15.2. The monoisotopic (exact) mass is 358 g/mol. The van der Waals surface area contributed by atoms with Gasteiger partial charge in [0.1, 0.15) is 5.65 Å². The maximum absolute atomic E-state index is 5.18. The molecule has 0 amide bonds. The first kappa shape index (κ1) is 16.7. The van der Waals surface area contributed by atoms with Crippen LogP contribution >= 0.6 is 0 Å². The number of hydrogen-bond donors (Lipinski definition) is 0. The van der Waals surface area contributed by atoms with Gasteiger partial charge >= 0.3 is 0 Å². The summed E-state index contributed by atoms with van der Waals surface area (Å²) in [5.74, 6) is 0.369. The molecule has 3 aromatic heterocycles. The average Bonchev–Trinajstić information content (AvgIpc) is 3.05. The van der Waals surface area contributed by atoms with Gasteiger partial charge in [0.15, 0.2) is 11.3 Å². The van der Waals surface area contributed by atoms with Crippen molar-refractivity contribution in [2.45, 2.75) is 64.7 Å². The van der Waals surface area contributed by atoms with Crippen molar-refractivity contribution in [2.75, 3.05) is 0 Å². The third kappa shape index (κ3) is 2.19. The Bertz CT molecular complexity index is 1230. The van der Waals surface area contributed by atoms with Crippen molar-refractivity contribution >= 4 is 27.7 Å². The molecule has 0 spiro atoms. The predicted octanol–water partition coefficient (Wildman–Crippen LogP) is 5.51. The van der Waals surface area contributed by atoms with Gasteiger partial charge < -0.3 is 0 Å². The van der Waals surface area contributed by atoms with E-state index < -0.39 is 0 Å². The quantitative estimate of drug-likeness (QED) is 0.450. The molecule has 0 atom stereocenters. The fourth-order valence-electron chi connectivity index (χ4n) is 5.01. The van der Waals surface area contributed by atoms with Crippen molar-refractivity contribution < 1.29 is 0 Å². The van der Waals surface area contributed by atoms with Gasteiger partial charge in [0.25, 0.3) is 0 Å². The molecule has 0 bridgehead atoms. The van der Waals surface area contributed by atoms with Crippen LogP contribution in [-0.4, -0.2) is 19.4 Å². The van der Waals surface area contributed by atoms with Gasteiger partial charge in [-0.2, -0.15) is 0 Å². The molecule has 4 aromatic rings. The second-order valence-electron chi connectivity index (χ2n) is 9.59. The van der Waals surface area contributed by atoms with Crippen LogP contribution in [0.1, 0.15) is 71.0 Å². The fraction of sp³-hybridized carbons (Fsp3) is 0.435. The molecule has 1 aromatic carbocycles. The van der Waals surface area contributed by atoms with Crippen LogP contribution < -0.4 is 0 Å². The second kappa shape index (κ2) is 5.06. The van der Waals surface area contributed by atoms with Crippen LogP contribution in [0.4, 0.5) is 0 Å².